The molecule has 5 nitrogen and oxygen atoms in total. The molecule has 0 spiro atoms. The lowest BCUT2D eigenvalue weighted by Crippen LogP contribution is -2.43. The van der Waals surface area contributed by atoms with Crippen LogP contribution in [-0.4, -0.2) is 41.4 Å². The van der Waals surface area contributed by atoms with Gasteiger partial charge in [0.15, 0.2) is 0 Å². The third kappa shape index (κ3) is 1.73. The molecule has 1 atom stereocenters. The highest BCUT2D eigenvalue weighted by Crippen LogP contribution is 2.16. The van der Waals surface area contributed by atoms with Crippen molar-refractivity contribution in [1.29, 1.82) is 0 Å². The number of hydrogen-bond acceptors (Lipinski definition) is 4. The molecule has 1 aliphatic rings. The van der Waals surface area contributed by atoms with E-state index in [2.05, 4.69) is 22.4 Å². The van der Waals surface area contributed by atoms with E-state index in [1.54, 1.807) is 4.68 Å². The molecular formula is C9H17N5. The van der Waals surface area contributed by atoms with Gasteiger partial charge in [-0.15, -0.1) is 0 Å². The Bertz CT molecular complexity index is 300. The number of piperazine rings is 1. The molecule has 5 heteroatoms. The fourth-order valence-corrected chi connectivity index (χ4v) is 1.77. The maximum Gasteiger partial charge on any atom is 0.121 e. The third-order valence-corrected chi connectivity index (χ3v) is 2.67. The fourth-order valence-electron chi connectivity index (χ4n) is 1.77. The van der Waals surface area contributed by atoms with E-state index >= 15 is 0 Å². The number of nitrogen functional groups attached to an aromatic ring is 1. The fraction of sp³-hybridized carbons (Fsp3) is 0.667. The number of nitrogens with zero attached hydrogens (tertiary/aromatic N) is 3. The first-order valence-electron chi connectivity index (χ1n) is 4.88. The van der Waals surface area contributed by atoms with Crippen LogP contribution in [0.3, 0.4) is 0 Å². The summed E-state index contributed by atoms with van der Waals surface area (Å²) in [5, 5.41) is 7.80. The van der Waals surface area contributed by atoms with E-state index in [0.29, 0.717) is 6.04 Å². The summed E-state index contributed by atoms with van der Waals surface area (Å²) in [6, 6.07) is 2.26. The number of rotatable bonds is 1. The van der Waals surface area contributed by atoms with Gasteiger partial charge in [0.25, 0.3) is 0 Å². The van der Waals surface area contributed by atoms with Gasteiger partial charge in [0.1, 0.15) is 5.82 Å². The number of likely N-dealkylation sites (N-methyl/N-ethyl adjacent to an activating group) is 1. The van der Waals surface area contributed by atoms with E-state index in [-0.39, 0.29) is 0 Å². The molecule has 0 saturated carbocycles. The SMILES string of the molecule is CN1CCNC(c2cc(N)n(C)n2)C1. The molecule has 3 N–H and O–H groups in total. The lowest BCUT2D eigenvalue weighted by atomic mass is 10.1. The number of nitrogens with one attached hydrogen (secondary N) is 1. The molecule has 1 aromatic rings. The van der Waals surface area contributed by atoms with E-state index in [1.807, 2.05) is 13.1 Å². The van der Waals surface area contributed by atoms with Crippen LogP contribution >= 0.6 is 0 Å². The second-order valence-electron chi connectivity index (χ2n) is 3.89. The highest BCUT2D eigenvalue weighted by Gasteiger charge is 2.20. The normalized spacial score (nSPS) is 24.0. The zero-order valence-corrected chi connectivity index (χ0v) is 8.70. The van der Waals surface area contributed by atoms with Crippen LogP contribution < -0.4 is 11.1 Å². The van der Waals surface area contributed by atoms with E-state index in [9.17, 15) is 0 Å². The van der Waals surface area contributed by atoms with Gasteiger partial charge in [0.2, 0.25) is 0 Å². The maximum absolute atomic E-state index is 5.74. The van der Waals surface area contributed by atoms with Crippen molar-refractivity contribution in [2.45, 2.75) is 6.04 Å². The van der Waals surface area contributed by atoms with Crippen LogP contribution in [0.1, 0.15) is 11.7 Å². The van der Waals surface area contributed by atoms with Gasteiger partial charge in [-0.3, -0.25) is 4.68 Å². The molecule has 1 fully saturated rings. The molecule has 14 heavy (non-hydrogen) atoms. The monoisotopic (exact) mass is 195 g/mol. The number of anilines is 1. The van der Waals surface area contributed by atoms with Crippen LogP contribution in [0.15, 0.2) is 6.07 Å². The minimum absolute atomic E-state index is 0.317. The topological polar surface area (TPSA) is 59.1 Å². The summed E-state index contributed by atoms with van der Waals surface area (Å²) >= 11 is 0. The lowest BCUT2D eigenvalue weighted by Gasteiger charge is -2.29. The van der Waals surface area contributed by atoms with Gasteiger partial charge in [-0.1, -0.05) is 0 Å². The molecule has 0 radical (unpaired) electrons. The molecule has 2 heterocycles. The summed E-state index contributed by atoms with van der Waals surface area (Å²) in [7, 11) is 3.99. The third-order valence-electron chi connectivity index (χ3n) is 2.67. The molecule has 0 bridgehead atoms. The molecule has 0 aromatic carbocycles. The Morgan fingerprint density at radius 1 is 1.57 bits per heavy atom. The first kappa shape index (κ1) is 9.48. The number of aryl methyl sites for hydroxylation is 1. The van der Waals surface area contributed by atoms with E-state index in [1.165, 1.54) is 0 Å². The van der Waals surface area contributed by atoms with Crippen molar-refractivity contribution in [3.8, 4) is 0 Å². The number of hydrogen-bond donors (Lipinski definition) is 2. The molecular weight excluding hydrogens is 178 g/mol. The van der Waals surface area contributed by atoms with E-state index in [4.69, 9.17) is 5.73 Å². The van der Waals surface area contributed by atoms with Crippen molar-refractivity contribution in [3.05, 3.63) is 11.8 Å². The molecule has 2 rings (SSSR count). The van der Waals surface area contributed by atoms with Gasteiger partial charge < -0.3 is 16.0 Å². The van der Waals surface area contributed by atoms with E-state index in [0.717, 1.165) is 31.1 Å². The molecule has 0 aliphatic carbocycles. The first-order valence-corrected chi connectivity index (χ1v) is 4.88. The highest BCUT2D eigenvalue weighted by molar-refractivity contribution is 5.32. The minimum atomic E-state index is 0.317. The van der Waals surface area contributed by atoms with Crippen molar-refractivity contribution in [1.82, 2.24) is 20.0 Å². The smallest absolute Gasteiger partial charge is 0.121 e. The molecule has 78 valence electrons. The van der Waals surface area contributed by atoms with Gasteiger partial charge >= 0.3 is 0 Å². The molecule has 1 aromatic heterocycles. The standard InChI is InChI=1S/C9H17N5/c1-13-4-3-11-8(6-13)7-5-9(10)14(2)12-7/h5,8,11H,3-4,6,10H2,1-2H3. The Morgan fingerprint density at radius 3 is 2.93 bits per heavy atom. The van der Waals surface area contributed by atoms with Crippen molar-refractivity contribution in [2.75, 3.05) is 32.4 Å². The highest BCUT2D eigenvalue weighted by atomic mass is 15.3. The Labute approximate surface area is 83.9 Å². The molecule has 1 unspecified atom stereocenters. The predicted molar refractivity (Wildman–Crippen MR) is 55.9 cm³/mol. The first-order chi connectivity index (χ1) is 6.66. The number of nitrogens with two attached hydrogens (primary N) is 1. The molecule has 1 aliphatic heterocycles. The second kappa shape index (κ2) is 3.59. The zero-order chi connectivity index (χ0) is 10.1. The van der Waals surface area contributed by atoms with Gasteiger partial charge in [0, 0.05) is 32.7 Å². The summed E-state index contributed by atoms with van der Waals surface area (Å²) < 4.78 is 1.71. The van der Waals surface area contributed by atoms with Gasteiger partial charge in [-0.2, -0.15) is 5.10 Å². The van der Waals surface area contributed by atoms with Crippen LogP contribution in [0.25, 0.3) is 0 Å². The summed E-state index contributed by atoms with van der Waals surface area (Å²) in [4.78, 5) is 2.30. The van der Waals surface area contributed by atoms with E-state index < -0.39 is 0 Å². The average Bonchev–Trinajstić information content (AvgIpc) is 2.47. The quantitative estimate of drug-likeness (QED) is 0.639. The maximum atomic E-state index is 5.74. The van der Waals surface area contributed by atoms with Crippen LogP contribution in [0, 0.1) is 0 Å². The Kier molecular flexibility index (Phi) is 2.43. The van der Waals surface area contributed by atoms with Gasteiger partial charge in [-0.25, -0.2) is 0 Å². The van der Waals surface area contributed by atoms with Gasteiger partial charge in [-0.05, 0) is 7.05 Å². The molecule has 0 amide bonds. The Balaban J connectivity index is 2.14. The lowest BCUT2D eigenvalue weighted by molar-refractivity contribution is 0.237. The summed E-state index contributed by atoms with van der Waals surface area (Å²) in [6.45, 7) is 3.10. The average molecular weight is 195 g/mol. The van der Waals surface area contributed by atoms with Crippen LogP contribution in [0.4, 0.5) is 5.82 Å². The van der Waals surface area contributed by atoms with Crippen LogP contribution in [0.2, 0.25) is 0 Å². The Hall–Kier alpha value is -1.07. The zero-order valence-electron chi connectivity index (χ0n) is 8.70. The summed E-state index contributed by atoms with van der Waals surface area (Å²) in [5.41, 5.74) is 6.78. The second-order valence-corrected chi connectivity index (χ2v) is 3.89. The Morgan fingerprint density at radius 2 is 2.36 bits per heavy atom. The summed E-state index contributed by atoms with van der Waals surface area (Å²) in [6.07, 6.45) is 0. The van der Waals surface area contributed by atoms with Gasteiger partial charge in [0.05, 0.1) is 11.7 Å². The number of aromatic nitrogens is 2. The largest absolute Gasteiger partial charge is 0.384 e. The van der Waals surface area contributed by atoms with Crippen molar-refractivity contribution in [2.24, 2.45) is 7.05 Å². The summed E-state index contributed by atoms with van der Waals surface area (Å²) in [5.74, 6) is 0.718. The van der Waals surface area contributed by atoms with Crippen molar-refractivity contribution in [3.63, 3.8) is 0 Å². The van der Waals surface area contributed by atoms with Crippen LogP contribution in [0.5, 0.6) is 0 Å². The predicted octanol–water partition coefficient (Wildman–Crippen LogP) is -0.422. The van der Waals surface area contributed by atoms with Crippen LogP contribution in [-0.2, 0) is 7.05 Å². The van der Waals surface area contributed by atoms with Crippen molar-refractivity contribution >= 4 is 5.82 Å². The van der Waals surface area contributed by atoms with Crippen molar-refractivity contribution < 1.29 is 0 Å². The molecule has 1 saturated heterocycles. The minimum Gasteiger partial charge on any atom is -0.384 e.